The first kappa shape index (κ1) is 18.2. The molecule has 0 aliphatic heterocycles. The molecular formula is C19H18F3N3OS. The Hall–Kier alpha value is -2.19. The Kier molecular flexibility index (Phi) is 4.77. The molecule has 4 nitrogen and oxygen atoms in total. The first-order valence-electron chi connectivity index (χ1n) is 8.71. The summed E-state index contributed by atoms with van der Waals surface area (Å²) in [6.45, 7) is 2.34. The van der Waals surface area contributed by atoms with Gasteiger partial charge < -0.3 is 4.52 Å². The highest BCUT2D eigenvalue weighted by Gasteiger charge is 2.35. The summed E-state index contributed by atoms with van der Waals surface area (Å²) >= 11 is 1.53. The van der Waals surface area contributed by atoms with Crippen LogP contribution in [0, 0.1) is 0 Å². The van der Waals surface area contributed by atoms with E-state index in [0.717, 1.165) is 23.8 Å². The number of benzene rings is 1. The summed E-state index contributed by atoms with van der Waals surface area (Å²) in [7, 11) is 0. The molecule has 0 saturated heterocycles. The van der Waals surface area contributed by atoms with Crippen molar-refractivity contribution < 1.29 is 17.7 Å². The third-order valence-electron chi connectivity index (χ3n) is 4.74. The molecule has 2 aromatic heterocycles. The minimum atomic E-state index is -4.35. The van der Waals surface area contributed by atoms with Crippen molar-refractivity contribution in [2.45, 2.75) is 44.6 Å². The standard InChI is InChI=1S/C19H18F3N3OS/c1-12(13-4-2-5-14(10-13)19(20,21)22)25(15-7-8-15)11-17-23-18(24-26-17)16-6-3-9-27-16/h2-6,9-10,12,15H,7-8,11H2,1H3. The van der Waals surface area contributed by atoms with Crippen LogP contribution in [0.15, 0.2) is 46.3 Å². The van der Waals surface area contributed by atoms with E-state index in [2.05, 4.69) is 15.0 Å². The number of hydrogen-bond donors (Lipinski definition) is 0. The fourth-order valence-corrected chi connectivity index (χ4v) is 3.79. The van der Waals surface area contributed by atoms with Crippen molar-refractivity contribution in [3.05, 3.63) is 58.8 Å². The molecular weight excluding hydrogens is 375 g/mol. The van der Waals surface area contributed by atoms with Crippen LogP contribution in [0.5, 0.6) is 0 Å². The van der Waals surface area contributed by atoms with E-state index < -0.39 is 11.7 Å². The minimum absolute atomic E-state index is 0.183. The molecule has 2 heterocycles. The zero-order valence-electron chi connectivity index (χ0n) is 14.6. The fourth-order valence-electron chi connectivity index (χ4n) is 3.14. The number of halogens is 3. The molecule has 1 aromatic carbocycles. The SMILES string of the molecule is CC(c1cccc(C(F)(F)F)c1)N(Cc1nc(-c2cccs2)no1)C1CC1. The quantitative estimate of drug-likeness (QED) is 0.551. The highest BCUT2D eigenvalue weighted by Crippen LogP contribution is 2.37. The summed E-state index contributed by atoms with van der Waals surface area (Å²) < 4.78 is 44.5. The zero-order chi connectivity index (χ0) is 19.0. The highest BCUT2D eigenvalue weighted by molar-refractivity contribution is 7.13. The summed E-state index contributed by atoms with van der Waals surface area (Å²) in [6.07, 6.45) is -2.30. The van der Waals surface area contributed by atoms with Gasteiger partial charge in [0.1, 0.15) is 0 Å². The molecule has 1 aliphatic carbocycles. The van der Waals surface area contributed by atoms with Gasteiger partial charge in [-0.15, -0.1) is 11.3 Å². The molecule has 3 aromatic rings. The largest absolute Gasteiger partial charge is 0.416 e. The van der Waals surface area contributed by atoms with Crippen LogP contribution >= 0.6 is 11.3 Å². The van der Waals surface area contributed by atoms with Crippen LogP contribution in [-0.2, 0) is 12.7 Å². The highest BCUT2D eigenvalue weighted by atomic mass is 32.1. The molecule has 0 bridgehead atoms. The maximum Gasteiger partial charge on any atom is 0.416 e. The number of hydrogen-bond acceptors (Lipinski definition) is 5. The van der Waals surface area contributed by atoms with Gasteiger partial charge in [-0.05, 0) is 48.9 Å². The molecule has 0 radical (unpaired) electrons. The number of rotatable bonds is 6. The van der Waals surface area contributed by atoms with Gasteiger partial charge in [-0.3, -0.25) is 4.90 Å². The molecule has 27 heavy (non-hydrogen) atoms. The van der Waals surface area contributed by atoms with Crippen molar-refractivity contribution in [2.24, 2.45) is 0 Å². The molecule has 1 unspecified atom stereocenters. The monoisotopic (exact) mass is 393 g/mol. The Morgan fingerprint density at radius 2 is 2.07 bits per heavy atom. The number of aromatic nitrogens is 2. The van der Waals surface area contributed by atoms with Gasteiger partial charge in [-0.2, -0.15) is 18.2 Å². The molecule has 4 rings (SSSR count). The first-order valence-corrected chi connectivity index (χ1v) is 9.59. The Morgan fingerprint density at radius 1 is 1.26 bits per heavy atom. The molecule has 1 atom stereocenters. The predicted molar refractivity (Wildman–Crippen MR) is 96.0 cm³/mol. The van der Waals surface area contributed by atoms with Crippen molar-refractivity contribution in [2.75, 3.05) is 0 Å². The Morgan fingerprint density at radius 3 is 2.74 bits per heavy atom. The minimum Gasteiger partial charge on any atom is -0.338 e. The van der Waals surface area contributed by atoms with Crippen LogP contribution in [0.2, 0.25) is 0 Å². The van der Waals surface area contributed by atoms with Gasteiger partial charge in [-0.1, -0.05) is 23.4 Å². The normalized spacial score (nSPS) is 16.0. The van der Waals surface area contributed by atoms with Crippen molar-refractivity contribution in [1.82, 2.24) is 15.0 Å². The summed E-state index contributed by atoms with van der Waals surface area (Å²) in [6, 6.07) is 9.50. The van der Waals surface area contributed by atoms with E-state index in [-0.39, 0.29) is 6.04 Å². The molecule has 0 N–H and O–H groups in total. The van der Waals surface area contributed by atoms with Gasteiger partial charge in [0, 0.05) is 12.1 Å². The van der Waals surface area contributed by atoms with Crippen molar-refractivity contribution in [3.63, 3.8) is 0 Å². The molecule has 1 fully saturated rings. The maximum absolute atomic E-state index is 13.0. The molecule has 0 amide bonds. The summed E-state index contributed by atoms with van der Waals surface area (Å²) in [4.78, 5) is 7.51. The summed E-state index contributed by atoms with van der Waals surface area (Å²) in [5.74, 6) is 1.02. The second kappa shape index (κ2) is 7.09. The van der Waals surface area contributed by atoms with Crippen LogP contribution in [0.4, 0.5) is 13.2 Å². The van der Waals surface area contributed by atoms with E-state index in [9.17, 15) is 13.2 Å². The molecule has 142 valence electrons. The van der Waals surface area contributed by atoms with E-state index in [1.165, 1.54) is 23.5 Å². The zero-order valence-corrected chi connectivity index (χ0v) is 15.4. The van der Waals surface area contributed by atoms with Gasteiger partial charge in [0.15, 0.2) is 0 Å². The van der Waals surface area contributed by atoms with Crippen LogP contribution in [0.3, 0.4) is 0 Å². The Labute approximate surface area is 158 Å². The number of alkyl halides is 3. The van der Waals surface area contributed by atoms with E-state index in [1.807, 2.05) is 24.4 Å². The first-order chi connectivity index (χ1) is 12.9. The molecule has 1 aliphatic rings. The van der Waals surface area contributed by atoms with E-state index in [1.54, 1.807) is 6.07 Å². The lowest BCUT2D eigenvalue weighted by Crippen LogP contribution is -2.29. The molecule has 1 saturated carbocycles. The van der Waals surface area contributed by atoms with Gasteiger partial charge >= 0.3 is 6.18 Å². The van der Waals surface area contributed by atoms with Crippen molar-refractivity contribution in [3.8, 4) is 10.7 Å². The third kappa shape index (κ3) is 4.06. The van der Waals surface area contributed by atoms with E-state index in [4.69, 9.17) is 4.52 Å². The van der Waals surface area contributed by atoms with Gasteiger partial charge in [0.25, 0.3) is 0 Å². The van der Waals surface area contributed by atoms with Crippen molar-refractivity contribution in [1.29, 1.82) is 0 Å². The van der Waals surface area contributed by atoms with Crippen LogP contribution < -0.4 is 0 Å². The second-order valence-electron chi connectivity index (χ2n) is 6.69. The lowest BCUT2D eigenvalue weighted by Gasteiger charge is -2.28. The fraction of sp³-hybridized carbons (Fsp3) is 0.368. The predicted octanol–water partition coefficient (Wildman–Crippen LogP) is 5.54. The lowest BCUT2D eigenvalue weighted by molar-refractivity contribution is -0.137. The Bertz CT molecular complexity index is 903. The Balaban J connectivity index is 1.55. The number of thiophene rings is 1. The van der Waals surface area contributed by atoms with Gasteiger partial charge in [0.2, 0.25) is 11.7 Å². The van der Waals surface area contributed by atoms with E-state index in [0.29, 0.717) is 29.9 Å². The molecule has 0 spiro atoms. The summed E-state index contributed by atoms with van der Waals surface area (Å²) in [5, 5.41) is 5.96. The average molecular weight is 393 g/mol. The van der Waals surface area contributed by atoms with Crippen LogP contribution in [0.25, 0.3) is 10.7 Å². The maximum atomic E-state index is 13.0. The second-order valence-corrected chi connectivity index (χ2v) is 7.64. The smallest absolute Gasteiger partial charge is 0.338 e. The van der Waals surface area contributed by atoms with E-state index >= 15 is 0 Å². The molecule has 8 heteroatoms. The van der Waals surface area contributed by atoms with Crippen LogP contribution in [-0.4, -0.2) is 21.1 Å². The summed E-state index contributed by atoms with van der Waals surface area (Å²) in [5.41, 5.74) is 0.00934. The van der Waals surface area contributed by atoms with Crippen molar-refractivity contribution >= 4 is 11.3 Å². The van der Waals surface area contributed by atoms with Gasteiger partial charge in [0.05, 0.1) is 17.0 Å². The third-order valence-corrected chi connectivity index (χ3v) is 5.60. The topological polar surface area (TPSA) is 42.2 Å². The number of nitrogens with zero attached hydrogens (tertiary/aromatic N) is 3. The average Bonchev–Trinajstić information content (AvgIpc) is 3.14. The lowest BCUT2D eigenvalue weighted by atomic mass is 10.0. The van der Waals surface area contributed by atoms with Gasteiger partial charge in [-0.25, -0.2) is 0 Å². The van der Waals surface area contributed by atoms with Crippen LogP contribution in [0.1, 0.15) is 42.8 Å².